The van der Waals surface area contributed by atoms with Crippen molar-refractivity contribution in [3.05, 3.63) is 169 Å². The predicted molar refractivity (Wildman–Crippen MR) is 189 cm³/mol. The fourth-order valence-corrected chi connectivity index (χ4v) is 6.36. The van der Waals surface area contributed by atoms with Crippen molar-refractivity contribution in [1.82, 2.24) is 9.97 Å². The quantitative estimate of drug-likeness (QED) is 0.204. The van der Waals surface area contributed by atoms with E-state index in [2.05, 4.69) is 164 Å². The number of aromatic nitrogens is 2. The molecule has 0 bridgehead atoms. The summed E-state index contributed by atoms with van der Waals surface area (Å²) in [5.41, 5.74) is 12.2. The molecule has 0 spiro atoms. The Morgan fingerprint density at radius 2 is 0.844 bits per heavy atom. The molecule has 2 heteroatoms. The van der Waals surface area contributed by atoms with Gasteiger partial charge in [0.1, 0.15) is 0 Å². The van der Waals surface area contributed by atoms with Crippen molar-refractivity contribution in [2.24, 2.45) is 0 Å². The minimum Gasteiger partial charge on any atom is -0.228 e. The SMILES string of the molecule is C1=Cc2c(-c3ccccc3)ccc(-c3cc(-c4ccccc4)nc(-c4ccc(-c5ccccc5)c5ccccc45)n3)c2C=CC1. The Balaban J connectivity index is 1.37. The third kappa shape index (κ3) is 5.07. The highest BCUT2D eigenvalue weighted by Crippen LogP contribution is 2.39. The molecule has 0 atom stereocenters. The van der Waals surface area contributed by atoms with Crippen molar-refractivity contribution >= 4 is 22.9 Å². The zero-order valence-corrected chi connectivity index (χ0v) is 24.8. The van der Waals surface area contributed by atoms with E-state index in [4.69, 9.17) is 9.97 Å². The molecule has 0 fully saturated rings. The van der Waals surface area contributed by atoms with Crippen molar-refractivity contribution < 1.29 is 0 Å². The average Bonchev–Trinajstić information content (AvgIpc) is 3.38. The number of hydrogen-bond acceptors (Lipinski definition) is 2. The minimum atomic E-state index is 0.719. The summed E-state index contributed by atoms with van der Waals surface area (Å²) in [4.78, 5) is 10.5. The summed E-state index contributed by atoms with van der Waals surface area (Å²) >= 11 is 0. The van der Waals surface area contributed by atoms with E-state index in [0.29, 0.717) is 0 Å². The molecule has 0 unspecified atom stereocenters. The van der Waals surface area contributed by atoms with Crippen LogP contribution in [0.25, 0.3) is 79.1 Å². The normalized spacial score (nSPS) is 12.2. The van der Waals surface area contributed by atoms with Crippen LogP contribution in [0.4, 0.5) is 0 Å². The first kappa shape index (κ1) is 26.7. The van der Waals surface area contributed by atoms with E-state index < -0.39 is 0 Å². The number of benzene rings is 6. The van der Waals surface area contributed by atoms with Gasteiger partial charge in [-0.3, -0.25) is 0 Å². The van der Waals surface area contributed by atoms with Gasteiger partial charge < -0.3 is 0 Å². The van der Waals surface area contributed by atoms with Crippen LogP contribution in [-0.2, 0) is 0 Å². The number of hydrogen-bond donors (Lipinski definition) is 0. The molecule has 7 aromatic rings. The Morgan fingerprint density at radius 1 is 0.378 bits per heavy atom. The maximum atomic E-state index is 5.32. The summed E-state index contributed by atoms with van der Waals surface area (Å²) in [6, 6.07) is 51.2. The first-order valence-electron chi connectivity index (χ1n) is 15.4. The molecule has 0 aliphatic heterocycles. The summed E-state index contributed by atoms with van der Waals surface area (Å²) < 4.78 is 0. The van der Waals surface area contributed by atoms with E-state index in [9.17, 15) is 0 Å². The summed E-state index contributed by atoms with van der Waals surface area (Å²) in [6.45, 7) is 0. The van der Waals surface area contributed by atoms with E-state index >= 15 is 0 Å². The summed E-state index contributed by atoms with van der Waals surface area (Å²) in [7, 11) is 0. The van der Waals surface area contributed by atoms with Gasteiger partial charge >= 0.3 is 0 Å². The summed E-state index contributed by atoms with van der Waals surface area (Å²) in [5.74, 6) is 0.719. The van der Waals surface area contributed by atoms with E-state index in [-0.39, 0.29) is 0 Å². The molecule has 1 heterocycles. The third-order valence-corrected chi connectivity index (χ3v) is 8.53. The van der Waals surface area contributed by atoms with Gasteiger partial charge in [-0.1, -0.05) is 158 Å². The maximum Gasteiger partial charge on any atom is 0.161 e. The Bertz CT molecular complexity index is 2210. The van der Waals surface area contributed by atoms with Crippen LogP contribution in [-0.4, -0.2) is 9.97 Å². The number of allylic oxidation sites excluding steroid dienone is 2. The molecule has 2 nitrogen and oxygen atoms in total. The molecule has 0 amide bonds. The highest BCUT2D eigenvalue weighted by Gasteiger charge is 2.19. The minimum absolute atomic E-state index is 0.719. The zero-order valence-electron chi connectivity index (χ0n) is 24.8. The molecule has 1 aliphatic carbocycles. The number of nitrogens with zero attached hydrogens (tertiary/aromatic N) is 2. The van der Waals surface area contributed by atoms with Crippen molar-refractivity contribution in [3.63, 3.8) is 0 Å². The molecule has 212 valence electrons. The van der Waals surface area contributed by atoms with E-state index in [0.717, 1.165) is 45.7 Å². The highest BCUT2D eigenvalue weighted by molar-refractivity contribution is 6.04. The van der Waals surface area contributed by atoms with Crippen LogP contribution in [0.3, 0.4) is 0 Å². The summed E-state index contributed by atoms with van der Waals surface area (Å²) in [6.07, 6.45) is 9.88. The topological polar surface area (TPSA) is 25.8 Å². The lowest BCUT2D eigenvalue weighted by Crippen LogP contribution is -1.99. The van der Waals surface area contributed by atoms with E-state index in [1.54, 1.807) is 0 Å². The van der Waals surface area contributed by atoms with Gasteiger partial charge in [-0.15, -0.1) is 0 Å². The molecule has 6 aromatic carbocycles. The van der Waals surface area contributed by atoms with Crippen LogP contribution in [0, 0.1) is 0 Å². The van der Waals surface area contributed by atoms with Crippen LogP contribution >= 0.6 is 0 Å². The van der Waals surface area contributed by atoms with Gasteiger partial charge in [0.15, 0.2) is 5.82 Å². The van der Waals surface area contributed by atoms with Crippen LogP contribution in [0.15, 0.2) is 158 Å². The standard InChI is InChI=1S/C43H30N2/c1-5-15-30(16-6-1)33-25-27-39(37-22-12-4-11-21-35(33)37)42-29-41(32-19-9-3-10-20-32)44-43(45-42)40-28-26-34(31-17-7-2-8-18-31)36-23-13-14-24-38(36)40/h1-3,5-29H,4H2. The Kier molecular flexibility index (Phi) is 6.94. The van der Waals surface area contributed by atoms with Crippen LogP contribution < -0.4 is 0 Å². The van der Waals surface area contributed by atoms with E-state index in [1.807, 2.05) is 6.07 Å². The van der Waals surface area contributed by atoms with Crippen molar-refractivity contribution in [1.29, 1.82) is 0 Å². The molecule has 1 aromatic heterocycles. The molecule has 45 heavy (non-hydrogen) atoms. The zero-order chi connectivity index (χ0) is 30.0. The second-order valence-electron chi connectivity index (χ2n) is 11.3. The number of rotatable bonds is 5. The smallest absolute Gasteiger partial charge is 0.161 e. The average molecular weight is 575 g/mol. The van der Waals surface area contributed by atoms with Crippen LogP contribution in [0.2, 0.25) is 0 Å². The fourth-order valence-electron chi connectivity index (χ4n) is 6.36. The third-order valence-electron chi connectivity index (χ3n) is 8.53. The van der Waals surface area contributed by atoms with Gasteiger partial charge in [0.2, 0.25) is 0 Å². The van der Waals surface area contributed by atoms with Gasteiger partial charge in [-0.2, -0.15) is 0 Å². The van der Waals surface area contributed by atoms with E-state index in [1.165, 1.54) is 38.8 Å². The predicted octanol–water partition coefficient (Wildman–Crippen LogP) is 11.4. The molecular formula is C43H30N2. The second-order valence-corrected chi connectivity index (χ2v) is 11.3. The van der Waals surface area contributed by atoms with Crippen molar-refractivity contribution in [2.45, 2.75) is 6.42 Å². The van der Waals surface area contributed by atoms with Gasteiger partial charge in [0.25, 0.3) is 0 Å². The molecule has 0 radical (unpaired) electrons. The summed E-state index contributed by atoms with van der Waals surface area (Å²) in [5, 5.41) is 2.32. The largest absolute Gasteiger partial charge is 0.228 e. The van der Waals surface area contributed by atoms with Gasteiger partial charge in [0.05, 0.1) is 11.4 Å². The maximum absolute atomic E-state index is 5.32. The van der Waals surface area contributed by atoms with Gasteiger partial charge in [-0.25, -0.2) is 9.97 Å². The van der Waals surface area contributed by atoms with Crippen LogP contribution in [0.1, 0.15) is 17.5 Å². The first-order chi connectivity index (χ1) is 22.3. The first-order valence-corrected chi connectivity index (χ1v) is 15.4. The molecule has 0 saturated heterocycles. The van der Waals surface area contributed by atoms with Gasteiger partial charge in [-0.05, 0) is 62.7 Å². The van der Waals surface area contributed by atoms with Crippen LogP contribution in [0.5, 0.6) is 0 Å². The monoisotopic (exact) mass is 574 g/mol. The molecule has 8 rings (SSSR count). The second kappa shape index (κ2) is 11.7. The molecule has 0 saturated carbocycles. The van der Waals surface area contributed by atoms with Gasteiger partial charge in [0, 0.05) is 16.7 Å². The highest BCUT2D eigenvalue weighted by atomic mass is 14.9. The van der Waals surface area contributed by atoms with Crippen molar-refractivity contribution in [3.8, 4) is 56.2 Å². The number of fused-ring (bicyclic) bond motifs is 2. The molecular weight excluding hydrogens is 544 g/mol. The fraction of sp³-hybridized carbons (Fsp3) is 0.0233. The Labute approximate surface area is 263 Å². The lowest BCUT2D eigenvalue weighted by Gasteiger charge is -2.17. The Morgan fingerprint density at radius 3 is 1.51 bits per heavy atom. The molecule has 1 aliphatic rings. The lowest BCUT2D eigenvalue weighted by atomic mass is 9.90. The lowest BCUT2D eigenvalue weighted by molar-refractivity contribution is 1.19. The molecule has 0 N–H and O–H groups in total. The van der Waals surface area contributed by atoms with Crippen molar-refractivity contribution in [2.75, 3.05) is 0 Å². The Hall–Kier alpha value is -5.86.